The Morgan fingerprint density at radius 1 is 0.893 bits per heavy atom. The molecule has 0 aliphatic carbocycles. The van der Waals surface area contributed by atoms with E-state index in [1.54, 1.807) is 6.07 Å². The molecule has 0 aliphatic rings. The lowest BCUT2D eigenvalue weighted by molar-refractivity contribution is -0.147. The van der Waals surface area contributed by atoms with Crippen LogP contribution in [0.3, 0.4) is 0 Å². The maximum Gasteiger partial charge on any atom is 0.325 e. The molecule has 0 saturated carbocycles. The van der Waals surface area contributed by atoms with E-state index in [2.05, 4.69) is 10.6 Å². The van der Waals surface area contributed by atoms with Gasteiger partial charge in [-0.1, -0.05) is 30.3 Å². The zero-order valence-electron chi connectivity index (χ0n) is 15.7. The van der Waals surface area contributed by atoms with Gasteiger partial charge in [0.25, 0.3) is 11.8 Å². The van der Waals surface area contributed by atoms with Crippen LogP contribution in [-0.2, 0) is 20.9 Å². The van der Waals surface area contributed by atoms with Crippen molar-refractivity contribution in [1.29, 1.82) is 0 Å². The van der Waals surface area contributed by atoms with Gasteiger partial charge in [0.05, 0.1) is 14.2 Å². The third-order valence-corrected chi connectivity index (χ3v) is 3.70. The number of hydrogen-bond acceptors (Lipinski definition) is 6. The van der Waals surface area contributed by atoms with Crippen molar-refractivity contribution in [2.45, 2.75) is 6.54 Å². The van der Waals surface area contributed by atoms with Gasteiger partial charge in [-0.15, -0.1) is 0 Å². The highest BCUT2D eigenvalue weighted by Crippen LogP contribution is 2.22. The quantitative estimate of drug-likeness (QED) is 0.630. The summed E-state index contributed by atoms with van der Waals surface area (Å²) in [6.07, 6.45) is 0. The van der Waals surface area contributed by atoms with E-state index < -0.39 is 24.4 Å². The third-order valence-electron chi connectivity index (χ3n) is 3.70. The average Bonchev–Trinajstić information content (AvgIpc) is 2.74. The number of rotatable bonds is 9. The van der Waals surface area contributed by atoms with E-state index in [0.29, 0.717) is 18.0 Å². The summed E-state index contributed by atoms with van der Waals surface area (Å²) < 4.78 is 15.0. The molecule has 0 radical (unpaired) electrons. The molecule has 0 saturated heterocycles. The second-order valence-electron chi connectivity index (χ2n) is 5.71. The number of carbonyl (C=O) groups is 3. The van der Waals surface area contributed by atoms with Gasteiger partial charge in [-0.25, -0.2) is 0 Å². The van der Waals surface area contributed by atoms with Gasteiger partial charge in [0, 0.05) is 18.2 Å². The van der Waals surface area contributed by atoms with Crippen LogP contribution >= 0.6 is 0 Å². The predicted octanol–water partition coefficient (Wildman–Crippen LogP) is 1.29. The highest BCUT2D eigenvalue weighted by atomic mass is 16.5. The molecule has 2 rings (SSSR count). The van der Waals surface area contributed by atoms with Crippen molar-refractivity contribution in [2.24, 2.45) is 0 Å². The molecule has 0 unspecified atom stereocenters. The minimum absolute atomic E-state index is 0.268. The van der Waals surface area contributed by atoms with Gasteiger partial charge < -0.3 is 24.8 Å². The van der Waals surface area contributed by atoms with Gasteiger partial charge in [-0.05, 0) is 17.7 Å². The van der Waals surface area contributed by atoms with Gasteiger partial charge in [-0.2, -0.15) is 0 Å². The van der Waals surface area contributed by atoms with E-state index in [0.717, 1.165) is 5.56 Å². The molecule has 8 heteroatoms. The van der Waals surface area contributed by atoms with E-state index in [-0.39, 0.29) is 12.1 Å². The summed E-state index contributed by atoms with van der Waals surface area (Å²) in [6, 6.07) is 14.0. The predicted molar refractivity (Wildman–Crippen MR) is 101 cm³/mol. The molecule has 0 heterocycles. The Morgan fingerprint density at radius 2 is 1.54 bits per heavy atom. The number of ether oxygens (including phenoxy) is 3. The fourth-order valence-electron chi connectivity index (χ4n) is 2.24. The Labute approximate surface area is 162 Å². The standard InChI is InChI=1S/C20H22N2O6/c1-26-16-8-15(9-17(10-16)27-2)20(25)22-12-19(24)28-13-18(23)21-11-14-6-4-3-5-7-14/h3-10H,11-13H2,1-2H3,(H,21,23)(H,22,25). The molecule has 8 nitrogen and oxygen atoms in total. The fourth-order valence-corrected chi connectivity index (χ4v) is 2.24. The minimum atomic E-state index is -0.724. The average molecular weight is 386 g/mol. The molecule has 2 amide bonds. The summed E-state index contributed by atoms with van der Waals surface area (Å²) in [4.78, 5) is 35.6. The molecule has 0 aliphatic heterocycles. The number of esters is 1. The van der Waals surface area contributed by atoms with Crippen molar-refractivity contribution < 1.29 is 28.6 Å². The maximum absolute atomic E-state index is 12.2. The van der Waals surface area contributed by atoms with Crippen molar-refractivity contribution >= 4 is 17.8 Å². The highest BCUT2D eigenvalue weighted by molar-refractivity contribution is 5.96. The first kappa shape index (κ1) is 20.8. The largest absolute Gasteiger partial charge is 0.497 e. The van der Waals surface area contributed by atoms with Gasteiger partial charge in [0.1, 0.15) is 18.0 Å². The molecule has 0 atom stereocenters. The van der Waals surface area contributed by atoms with E-state index in [4.69, 9.17) is 14.2 Å². The number of benzene rings is 2. The van der Waals surface area contributed by atoms with Crippen LogP contribution in [0.4, 0.5) is 0 Å². The van der Waals surface area contributed by atoms with Crippen LogP contribution in [0, 0.1) is 0 Å². The smallest absolute Gasteiger partial charge is 0.325 e. The Hall–Kier alpha value is -3.55. The molecule has 0 bridgehead atoms. The molecular formula is C20H22N2O6. The van der Waals surface area contributed by atoms with Crippen molar-refractivity contribution in [2.75, 3.05) is 27.4 Å². The zero-order valence-corrected chi connectivity index (χ0v) is 15.7. The van der Waals surface area contributed by atoms with E-state index in [9.17, 15) is 14.4 Å². The Bertz CT molecular complexity index is 800. The second-order valence-corrected chi connectivity index (χ2v) is 5.71. The van der Waals surface area contributed by atoms with Crippen LogP contribution in [0.15, 0.2) is 48.5 Å². The van der Waals surface area contributed by atoms with Crippen molar-refractivity contribution in [3.8, 4) is 11.5 Å². The molecular weight excluding hydrogens is 364 g/mol. The summed E-state index contributed by atoms with van der Waals surface area (Å²) in [7, 11) is 2.94. The minimum Gasteiger partial charge on any atom is -0.497 e. The van der Waals surface area contributed by atoms with Crippen molar-refractivity contribution in [3.63, 3.8) is 0 Å². The lowest BCUT2D eigenvalue weighted by Crippen LogP contribution is -2.33. The van der Waals surface area contributed by atoms with Crippen molar-refractivity contribution in [3.05, 3.63) is 59.7 Å². The summed E-state index contributed by atoms with van der Waals surface area (Å²) in [5.74, 6) is -0.758. The molecule has 0 aromatic heterocycles. The molecule has 148 valence electrons. The Morgan fingerprint density at radius 3 is 2.14 bits per heavy atom. The maximum atomic E-state index is 12.2. The summed E-state index contributed by atoms with van der Waals surface area (Å²) in [6.45, 7) is -0.454. The van der Waals surface area contributed by atoms with Crippen molar-refractivity contribution in [1.82, 2.24) is 10.6 Å². The number of amides is 2. The van der Waals surface area contributed by atoms with E-state index in [1.165, 1.54) is 26.4 Å². The van der Waals surface area contributed by atoms with Gasteiger partial charge in [0.15, 0.2) is 6.61 Å². The Kier molecular flexibility index (Phi) is 7.83. The van der Waals surface area contributed by atoms with Gasteiger partial charge in [0.2, 0.25) is 0 Å². The van der Waals surface area contributed by atoms with Crippen LogP contribution < -0.4 is 20.1 Å². The molecule has 0 fully saturated rings. The first-order valence-electron chi connectivity index (χ1n) is 8.49. The second kappa shape index (κ2) is 10.6. The first-order valence-corrected chi connectivity index (χ1v) is 8.49. The number of hydrogen-bond donors (Lipinski definition) is 2. The van der Waals surface area contributed by atoms with Crippen LogP contribution in [-0.4, -0.2) is 45.2 Å². The van der Waals surface area contributed by atoms with Crippen LogP contribution in [0.2, 0.25) is 0 Å². The zero-order chi connectivity index (χ0) is 20.4. The van der Waals surface area contributed by atoms with E-state index >= 15 is 0 Å². The SMILES string of the molecule is COc1cc(OC)cc(C(=O)NCC(=O)OCC(=O)NCc2ccccc2)c1. The highest BCUT2D eigenvalue weighted by Gasteiger charge is 2.13. The molecule has 2 aromatic rings. The van der Waals surface area contributed by atoms with E-state index in [1.807, 2.05) is 30.3 Å². The van der Waals surface area contributed by atoms with Crippen LogP contribution in [0.5, 0.6) is 11.5 Å². The third kappa shape index (κ3) is 6.64. The lowest BCUT2D eigenvalue weighted by Gasteiger charge is -2.09. The monoisotopic (exact) mass is 386 g/mol. The van der Waals surface area contributed by atoms with Gasteiger partial charge in [-0.3, -0.25) is 14.4 Å². The lowest BCUT2D eigenvalue weighted by atomic mass is 10.2. The number of nitrogens with one attached hydrogen (secondary N) is 2. The number of methoxy groups -OCH3 is 2. The topological polar surface area (TPSA) is 103 Å². The normalized spacial score (nSPS) is 9.93. The Balaban J connectivity index is 1.74. The fraction of sp³-hybridized carbons (Fsp3) is 0.250. The molecule has 2 aromatic carbocycles. The van der Waals surface area contributed by atoms with Crippen LogP contribution in [0.25, 0.3) is 0 Å². The molecule has 28 heavy (non-hydrogen) atoms. The summed E-state index contributed by atoms with van der Waals surface area (Å²) >= 11 is 0. The molecule has 2 N–H and O–H groups in total. The van der Waals surface area contributed by atoms with Gasteiger partial charge >= 0.3 is 5.97 Å². The summed E-state index contributed by atoms with van der Waals surface area (Å²) in [5.41, 5.74) is 1.20. The summed E-state index contributed by atoms with van der Waals surface area (Å²) in [5, 5.41) is 5.07. The first-order chi connectivity index (χ1) is 13.5. The number of carbonyl (C=O) groups excluding carboxylic acids is 3. The molecule has 0 spiro atoms. The van der Waals surface area contributed by atoms with Crippen LogP contribution in [0.1, 0.15) is 15.9 Å².